The van der Waals surface area contributed by atoms with E-state index >= 15 is 0 Å². The predicted octanol–water partition coefficient (Wildman–Crippen LogP) is 16.6. The van der Waals surface area contributed by atoms with Gasteiger partial charge in [-0.3, -0.25) is 0 Å². The molecule has 2 unspecified atom stereocenters. The average molecular weight is 1030 g/mol. The van der Waals surface area contributed by atoms with Crippen LogP contribution in [0.15, 0.2) is 138 Å². The second kappa shape index (κ2) is 17.7. The summed E-state index contributed by atoms with van der Waals surface area (Å²) in [6.07, 6.45) is 7.56. The normalized spacial score (nSPS) is 15.8. The Bertz CT molecular complexity index is 3200. The molecule has 1 fully saturated rings. The van der Waals surface area contributed by atoms with Gasteiger partial charge >= 0.3 is 21.1 Å². The second-order valence-electron chi connectivity index (χ2n) is 19.1. The summed E-state index contributed by atoms with van der Waals surface area (Å²) in [6.45, 7) is 17.9. The minimum atomic E-state index is 0. The predicted molar refractivity (Wildman–Crippen MR) is 264 cm³/mol. The van der Waals surface area contributed by atoms with E-state index in [1.165, 1.54) is 52.6 Å². The van der Waals surface area contributed by atoms with Gasteiger partial charge in [0.25, 0.3) is 0 Å². The van der Waals surface area contributed by atoms with Crippen molar-refractivity contribution >= 4 is 21.9 Å². The summed E-state index contributed by atoms with van der Waals surface area (Å²) >= 11 is 0. The molecule has 2 atom stereocenters. The van der Waals surface area contributed by atoms with E-state index in [1.807, 2.05) is 12.4 Å². The second-order valence-corrected chi connectivity index (χ2v) is 19.1. The number of nitrogens with zero attached hydrogens (tertiary/aromatic N) is 2. The van der Waals surface area contributed by atoms with Crippen LogP contribution in [0.3, 0.4) is 0 Å². The molecule has 0 radical (unpaired) electrons. The zero-order valence-electron chi connectivity index (χ0n) is 38.5. The minimum absolute atomic E-state index is 0. The van der Waals surface area contributed by atoms with E-state index in [0.717, 1.165) is 77.8 Å². The van der Waals surface area contributed by atoms with Crippen molar-refractivity contribution in [3.05, 3.63) is 179 Å². The number of hydrogen-bond donors (Lipinski definition) is 0. The van der Waals surface area contributed by atoms with Crippen molar-refractivity contribution in [3.8, 4) is 67.4 Å². The summed E-state index contributed by atoms with van der Waals surface area (Å²) < 4.78 is 13.8. The van der Waals surface area contributed by atoms with Crippen molar-refractivity contribution < 1.29 is 30.2 Å². The van der Waals surface area contributed by atoms with Crippen LogP contribution < -0.4 is 4.74 Å². The number of hydrogen-bond acceptors (Lipinski definition) is 4. The molecular weight excluding hydrogens is 976 g/mol. The molecule has 3 aromatic heterocycles. The molecule has 0 saturated heterocycles. The van der Waals surface area contributed by atoms with Gasteiger partial charge in [-0.15, -0.1) is 11.6 Å². The molecule has 0 aliphatic heterocycles. The van der Waals surface area contributed by atoms with E-state index in [2.05, 4.69) is 189 Å². The fourth-order valence-electron chi connectivity index (χ4n) is 10.00. The number of rotatable bonds is 8. The monoisotopic (exact) mass is 1030 g/mol. The van der Waals surface area contributed by atoms with Crippen LogP contribution in [0.5, 0.6) is 11.5 Å². The van der Waals surface area contributed by atoms with Gasteiger partial charge in [0.15, 0.2) is 0 Å². The van der Waals surface area contributed by atoms with Crippen LogP contribution in [0.4, 0.5) is 0 Å². The van der Waals surface area contributed by atoms with Crippen LogP contribution in [0.25, 0.3) is 77.8 Å². The molecule has 4 nitrogen and oxygen atoms in total. The topological polar surface area (TPSA) is 48.2 Å². The van der Waals surface area contributed by atoms with E-state index in [4.69, 9.17) is 19.1 Å². The summed E-state index contributed by atoms with van der Waals surface area (Å²) in [5.41, 5.74) is 19.2. The Labute approximate surface area is 398 Å². The first kappa shape index (κ1) is 44.1. The fourth-order valence-corrected chi connectivity index (χ4v) is 10.00. The summed E-state index contributed by atoms with van der Waals surface area (Å²) in [7, 11) is 0. The molecule has 9 aromatic rings. The summed E-state index contributed by atoms with van der Waals surface area (Å²) in [6, 6.07) is 50.5. The standard InChI is InChI=1S/C60H54N2O2.Pt/c1-36-14-23-50-53-30-48(31-54(59(53)64-58(50)26-36)56-32-51(40(5)35-62-56)49-24-25-60(7,8)33-38(49)3)63-57-29-47(55-27-37(2)39(4)34-61-55)28-52(41(57)6)46-21-19-45(20-22-46)44-17-15-43(16-18-44)42-12-10-9-11-13-42;/h9-23,26-28,30,32,34-35,38,49H,24-25,33H2,1-8H3;/q-2;+2. The third-order valence-corrected chi connectivity index (χ3v) is 13.8. The zero-order chi connectivity index (χ0) is 44.3. The molecule has 6 aromatic carbocycles. The van der Waals surface area contributed by atoms with Crippen LogP contribution in [-0.2, 0) is 21.1 Å². The molecule has 3 heterocycles. The molecule has 0 N–H and O–H groups in total. The van der Waals surface area contributed by atoms with Crippen LogP contribution in [0, 0.1) is 58.1 Å². The van der Waals surface area contributed by atoms with Gasteiger partial charge in [0.05, 0.1) is 5.58 Å². The number of fused-ring (bicyclic) bond motifs is 3. The molecule has 1 aliphatic rings. The first-order valence-electron chi connectivity index (χ1n) is 22.7. The molecule has 10 rings (SSSR count). The molecule has 1 aliphatic carbocycles. The summed E-state index contributed by atoms with van der Waals surface area (Å²) in [5, 5.41) is 1.99. The fraction of sp³-hybridized carbons (Fsp3) is 0.233. The molecule has 326 valence electrons. The molecule has 0 spiro atoms. The Balaban J connectivity index is 0.00000533. The Morgan fingerprint density at radius 1 is 0.646 bits per heavy atom. The number of furan rings is 1. The van der Waals surface area contributed by atoms with Gasteiger partial charge in [-0.1, -0.05) is 177 Å². The largest absolute Gasteiger partial charge is 2.00 e. The van der Waals surface area contributed by atoms with Gasteiger partial charge in [0, 0.05) is 29.3 Å². The van der Waals surface area contributed by atoms with E-state index in [1.54, 1.807) is 0 Å². The van der Waals surface area contributed by atoms with E-state index in [9.17, 15) is 0 Å². The molecule has 5 heteroatoms. The van der Waals surface area contributed by atoms with Crippen LogP contribution in [-0.4, -0.2) is 9.97 Å². The van der Waals surface area contributed by atoms with Crippen LogP contribution in [0.2, 0.25) is 0 Å². The molecule has 0 bridgehead atoms. The van der Waals surface area contributed by atoms with E-state index in [0.29, 0.717) is 28.7 Å². The van der Waals surface area contributed by atoms with Gasteiger partial charge in [-0.25, -0.2) is 0 Å². The number of pyridine rings is 2. The number of benzene rings is 6. The molecule has 0 amide bonds. The van der Waals surface area contributed by atoms with Gasteiger partial charge < -0.3 is 19.1 Å². The van der Waals surface area contributed by atoms with Crippen molar-refractivity contribution in [2.45, 2.75) is 80.6 Å². The quantitative estimate of drug-likeness (QED) is 0.142. The maximum atomic E-state index is 7.04. The molecule has 65 heavy (non-hydrogen) atoms. The third kappa shape index (κ3) is 8.74. The van der Waals surface area contributed by atoms with Gasteiger partial charge in [0.2, 0.25) is 0 Å². The summed E-state index contributed by atoms with van der Waals surface area (Å²) in [4.78, 5) is 9.95. The van der Waals surface area contributed by atoms with Gasteiger partial charge in [-0.05, 0) is 132 Å². The average Bonchev–Trinajstić information content (AvgIpc) is 3.65. The van der Waals surface area contributed by atoms with E-state index < -0.39 is 0 Å². The maximum Gasteiger partial charge on any atom is 2.00 e. The third-order valence-electron chi connectivity index (χ3n) is 13.8. The number of aromatic nitrogens is 2. The number of aryl methyl sites for hydroxylation is 4. The smallest absolute Gasteiger partial charge is 0.501 e. The van der Waals surface area contributed by atoms with E-state index in [-0.39, 0.29) is 21.1 Å². The Kier molecular flexibility index (Phi) is 12.0. The zero-order valence-corrected chi connectivity index (χ0v) is 40.8. The Morgan fingerprint density at radius 3 is 1.97 bits per heavy atom. The van der Waals surface area contributed by atoms with Gasteiger partial charge in [-0.2, -0.15) is 0 Å². The first-order chi connectivity index (χ1) is 30.9. The number of ether oxygens (including phenoxy) is 1. The van der Waals surface area contributed by atoms with Crippen LogP contribution >= 0.6 is 0 Å². The van der Waals surface area contributed by atoms with Crippen molar-refractivity contribution in [2.75, 3.05) is 0 Å². The van der Waals surface area contributed by atoms with Crippen LogP contribution in [0.1, 0.15) is 79.3 Å². The molecular formula is C60H54N2O2Pt. The SMILES string of the molecule is Cc1ccc2c(c1)oc1c(-c3cc(C4CCC(C)(C)CC4C)c(C)cn3)[c-]c(Oc3[c-]c(-c4cc(C)c(C)cn4)cc(-c4ccc(-c5ccc(-c6ccccc6)cc5)cc4)c3C)cc12.[Pt+2]. The van der Waals surface area contributed by atoms with Crippen molar-refractivity contribution in [1.29, 1.82) is 0 Å². The van der Waals surface area contributed by atoms with Crippen molar-refractivity contribution in [1.82, 2.24) is 9.97 Å². The van der Waals surface area contributed by atoms with Gasteiger partial charge in [0.1, 0.15) is 5.58 Å². The van der Waals surface area contributed by atoms with Crippen molar-refractivity contribution in [2.24, 2.45) is 11.3 Å². The first-order valence-corrected chi connectivity index (χ1v) is 22.7. The maximum absolute atomic E-state index is 7.04. The van der Waals surface area contributed by atoms with Crippen molar-refractivity contribution in [3.63, 3.8) is 0 Å². The minimum Gasteiger partial charge on any atom is -0.501 e. The molecule has 1 saturated carbocycles. The summed E-state index contributed by atoms with van der Waals surface area (Å²) in [5.74, 6) is 2.23. The Morgan fingerprint density at radius 2 is 1.29 bits per heavy atom. The Hall–Kier alpha value is -6.09.